The quantitative estimate of drug-likeness (QED) is 0.672. The summed E-state index contributed by atoms with van der Waals surface area (Å²) in [5, 5.41) is 8.52. The highest BCUT2D eigenvalue weighted by molar-refractivity contribution is 7.80. The van der Waals surface area contributed by atoms with Crippen molar-refractivity contribution in [3.8, 4) is 0 Å². The van der Waals surface area contributed by atoms with Crippen molar-refractivity contribution in [1.82, 2.24) is 10.3 Å². The van der Waals surface area contributed by atoms with Crippen LogP contribution in [0.4, 0.5) is 5.82 Å². The van der Waals surface area contributed by atoms with Gasteiger partial charge >= 0.3 is 0 Å². The monoisotopic (exact) mass is 393 g/mol. The van der Waals surface area contributed by atoms with Gasteiger partial charge in [-0.3, -0.25) is 0 Å². The highest BCUT2D eigenvalue weighted by Crippen LogP contribution is 2.40. The molecule has 1 aliphatic rings. The Bertz CT molecular complexity index is 756. The summed E-state index contributed by atoms with van der Waals surface area (Å²) in [5.41, 5.74) is 2.40. The number of hydrogen-bond acceptors (Lipinski definition) is 2. The number of hydrogen-bond donors (Lipinski definition) is 2. The molecule has 0 bridgehead atoms. The zero-order valence-electron chi connectivity index (χ0n) is 14.1. The minimum Gasteiger partial charge on any atom is -0.362 e. The zero-order valence-corrected chi connectivity index (χ0v) is 16.4. The van der Waals surface area contributed by atoms with Crippen molar-refractivity contribution in [2.45, 2.75) is 38.0 Å². The van der Waals surface area contributed by atoms with E-state index in [0.29, 0.717) is 10.1 Å². The average molecular weight is 394 g/mol. The van der Waals surface area contributed by atoms with Crippen molar-refractivity contribution in [2.75, 3.05) is 11.9 Å². The standard InChI is InChI=1S/C19H21Cl2N3S/c1-13-10-16(21)11-22-17(13)24-18(25)23-12-19(8-2-3-9-19)14-4-6-15(20)7-5-14/h4-7,10-11H,2-3,8-9,12H2,1H3,(H2,22,23,24,25). The molecule has 1 aliphatic carbocycles. The van der Waals surface area contributed by atoms with Crippen molar-refractivity contribution < 1.29 is 0 Å². The van der Waals surface area contributed by atoms with Gasteiger partial charge in [-0.05, 0) is 61.3 Å². The van der Waals surface area contributed by atoms with Gasteiger partial charge in [0.2, 0.25) is 0 Å². The number of thiocarbonyl (C=S) groups is 1. The summed E-state index contributed by atoms with van der Waals surface area (Å²) in [4.78, 5) is 4.30. The average Bonchev–Trinajstić information content (AvgIpc) is 3.06. The maximum Gasteiger partial charge on any atom is 0.171 e. The predicted octanol–water partition coefficient (Wildman–Crippen LogP) is 5.50. The van der Waals surface area contributed by atoms with Gasteiger partial charge in [0.1, 0.15) is 5.82 Å². The molecule has 3 rings (SSSR count). The second-order valence-corrected chi connectivity index (χ2v) is 7.90. The first-order valence-corrected chi connectivity index (χ1v) is 9.58. The third-order valence-corrected chi connectivity index (χ3v) is 5.59. The molecule has 0 amide bonds. The first-order valence-electron chi connectivity index (χ1n) is 8.42. The summed E-state index contributed by atoms with van der Waals surface area (Å²) >= 11 is 17.5. The van der Waals surface area contributed by atoms with Crippen LogP contribution >= 0.6 is 35.4 Å². The molecule has 2 aromatic rings. The largest absolute Gasteiger partial charge is 0.362 e. The van der Waals surface area contributed by atoms with Crippen molar-refractivity contribution in [1.29, 1.82) is 0 Å². The Balaban J connectivity index is 1.67. The van der Waals surface area contributed by atoms with Crippen LogP contribution < -0.4 is 10.6 Å². The van der Waals surface area contributed by atoms with Crippen LogP contribution in [0.2, 0.25) is 10.0 Å². The molecule has 0 atom stereocenters. The lowest BCUT2D eigenvalue weighted by Gasteiger charge is -2.30. The van der Waals surface area contributed by atoms with E-state index in [9.17, 15) is 0 Å². The molecule has 0 radical (unpaired) electrons. The fourth-order valence-electron chi connectivity index (χ4n) is 3.50. The van der Waals surface area contributed by atoms with Gasteiger partial charge in [0, 0.05) is 23.2 Å². The Kier molecular flexibility index (Phi) is 5.82. The Morgan fingerprint density at radius 3 is 2.48 bits per heavy atom. The molecule has 3 nitrogen and oxygen atoms in total. The molecular weight excluding hydrogens is 373 g/mol. The number of nitrogens with zero attached hydrogens (tertiary/aromatic N) is 1. The molecule has 0 spiro atoms. The van der Waals surface area contributed by atoms with E-state index in [1.807, 2.05) is 25.1 Å². The lowest BCUT2D eigenvalue weighted by atomic mass is 9.79. The third kappa shape index (κ3) is 4.43. The van der Waals surface area contributed by atoms with Gasteiger partial charge in [-0.25, -0.2) is 4.98 Å². The van der Waals surface area contributed by atoms with Crippen molar-refractivity contribution in [3.63, 3.8) is 0 Å². The van der Waals surface area contributed by atoms with Gasteiger partial charge in [-0.2, -0.15) is 0 Å². The number of aromatic nitrogens is 1. The Morgan fingerprint density at radius 1 is 1.16 bits per heavy atom. The Labute approximate surface area is 164 Å². The summed E-state index contributed by atoms with van der Waals surface area (Å²) in [5.74, 6) is 0.730. The maximum absolute atomic E-state index is 6.04. The van der Waals surface area contributed by atoms with Gasteiger partial charge in [-0.15, -0.1) is 0 Å². The molecule has 1 aromatic heterocycles. The van der Waals surface area contributed by atoms with E-state index in [2.05, 4.69) is 27.8 Å². The van der Waals surface area contributed by atoms with Crippen LogP contribution in [-0.2, 0) is 5.41 Å². The number of anilines is 1. The second kappa shape index (κ2) is 7.90. The first kappa shape index (κ1) is 18.4. The van der Waals surface area contributed by atoms with Crippen LogP contribution in [0.5, 0.6) is 0 Å². The van der Waals surface area contributed by atoms with E-state index >= 15 is 0 Å². The summed E-state index contributed by atoms with van der Waals surface area (Å²) in [7, 11) is 0. The molecule has 25 heavy (non-hydrogen) atoms. The second-order valence-electron chi connectivity index (χ2n) is 6.62. The lowest BCUT2D eigenvalue weighted by Crippen LogP contribution is -2.41. The summed E-state index contributed by atoms with van der Waals surface area (Å²) in [6, 6.07) is 10.1. The number of benzene rings is 1. The van der Waals surface area contributed by atoms with Crippen molar-refractivity contribution in [3.05, 3.63) is 57.7 Å². The number of pyridine rings is 1. The molecule has 2 N–H and O–H groups in total. The van der Waals surface area contributed by atoms with Crippen LogP contribution in [0.1, 0.15) is 36.8 Å². The normalized spacial score (nSPS) is 15.8. The Hall–Kier alpha value is -1.36. The minimum absolute atomic E-state index is 0.110. The van der Waals surface area contributed by atoms with E-state index in [1.165, 1.54) is 18.4 Å². The van der Waals surface area contributed by atoms with Crippen molar-refractivity contribution >= 4 is 46.4 Å². The lowest BCUT2D eigenvalue weighted by molar-refractivity contribution is 0.435. The maximum atomic E-state index is 6.04. The van der Waals surface area contributed by atoms with Gasteiger partial charge in [0.15, 0.2) is 5.11 Å². The van der Waals surface area contributed by atoms with E-state index < -0.39 is 0 Å². The van der Waals surface area contributed by atoms with Gasteiger partial charge in [-0.1, -0.05) is 48.2 Å². The summed E-state index contributed by atoms with van der Waals surface area (Å²) < 4.78 is 0. The summed E-state index contributed by atoms with van der Waals surface area (Å²) in [6.07, 6.45) is 6.40. The number of rotatable bonds is 4. The molecule has 6 heteroatoms. The van der Waals surface area contributed by atoms with Crippen LogP contribution in [0.25, 0.3) is 0 Å². The van der Waals surface area contributed by atoms with Gasteiger partial charge in [0.25, 0.3) is 0 Å². The molecule has 0 unspecified atom stereocenters. The smallest absolute Gasteiger partial charge is 0.171 e. The molecule has 0 aliphatic heterocycles. The van der Waals surface area contributed by atoms with E-state index in [-0.39, 0.29) is 5.41 Å². The minimum atomic E-state index is 0.110. The van der Waals surface area contributed by atoms with Crippen LogP contribution in [0.3, 0.4) is 0 Å². The van der Waals surface area contributed by atoms with Crippen LogP contribution in [0, 0.1) is 6.92 Å². The fraction of sp³-hybridized carbons (Fsp3) is 0.368. The predicted molar refractivity (Wildman–Crippen MR) is 110 cm³/mol. The molecule has 0 saturated heterocycles. The first-order chi connectivity index (χ1) is 12.0. The number of aryl methyl sites for hydroxylation is 1. The van der Waals surface area contributed by atoms with E-state index in [4.69, 9.17) is 35.4 Å². The molecule has 1 heterocycles. The fourth-order valence-corrected chi connectivity index (χ4v) is 4.00. The molecule has 1 saturated carbocycles. The van der Waals surface area contributed by atoms with Gasteiger partial charge in [0.05, 0.1) is 5.02 Å². The topological polar surface area (TPSA) is 37.0 Å². The van der Waals surface area contributed by atoms with E-state index in [1.54, 1.807) is 6.20 Å². The highest BCUT2D eigenvalue weighted by Gasteiger charge is 2.35. The SMILES string of the molecule is Cc1cc(Cl)cnc1NC(=S)NCC1(c2ccc(Cl)cc2)CCCC1. The zero-order chi connectivity index (χ0) is 17.9. The molecular formula is C19H21Cl2N3S. The molecule has 132 valence electrons. The Morgan fingerprint density at radius 2 is 1.84 bits per heavy atom. The summed E-state index contributed by atoms with van der Waals surface area (Å²) in [6.45, 7) is 2.75. The molecule has 1 fully saturated rings. The van der Waals surface area contributed by atoms with Crippen molar-refractivity contribution in [2.24, 2.45) is 0 Å². The third-order valence-electron chi connectivity index (χ3n) is 4.88. The van der Waals surface area contributed by atoms with Gasteiger partial charge < -0.3 is 10.6 Å². The van der Waals surface area contributed by atoms with Crippen LogP contribution in [-0.4, -0.2) is 16.6 Å². The van der Waals surface area contributed by atoms with E-state index in [0.717, 1.165) is 35.8 Å². The number of halogens is 2. The number of nitrogens with one attached hydrogen (secondary N) is 2. The molecule has 1 aromatic carbocycles. The van der Waals surface area contributed by atoms with Crippen LogP contribution in [0.15, 0.2) is 36.5 Å². The highest BCUT2D eigenvalue weighted by atomic mass is 35.5.